The van der Waals surface area contributed by atoms with Crippen molar-refractivity contribution in [3.8, 4) is 0 Å². The fourth-order valence-electron chi connectivity index (χ4n) is 1.92. The van der Waals surface area contributed by atoms with Gasteiger partial charge in [0.1, 0.15) is 6.10 Å². The number of aldehydes is 1. The first-order valence-corrected chi connectivity index (χ1v) is 5.65. The predicted molar refractivity (Wildman–Crippen MR) is 63.3 cm³/mol. The van der Waals surface area contributed by atoms with Crippen LogP contribution in [0.25, 0.3) is 0 Å². The van der Waals surface area contributed by atoms with E-state index in [1.165, 1.54) is 0 Å². The number of ether oxygens (including phenoxy) is 1. The fourth-order valence-corrected chi connectivity index (χ4v) is 2.13. The van der Waals surface area contributed by atoms with Crippen LogP contribution in [0.2, 0.25) is 5.02 Å². The molecule has 1 heterocycles. The highest BCUT2D eigenvalue weighted by Crippen LogP contribution is 2.26. The lowest BCUT2D eigenvalue weighted by Gasteiger charge is -2.14. The zero-order chi connectivity index (χ0) is 11.5. The maximum absolute atomic E-state index is 10.6. The standard InChI is InChI=1S/C13H13ClO2/c1-9-11(7-13(8-15)16-9)5-10-3-2-4-12(14)6-10/h2-4,6-9,11H,5H2,1H3. The van der Waals surface area contributed by atoms with Gasteiger partial charge in [0.25, 0.3) is 0 Å². The van der Waals surface area contributed by atoms with Crippen molar-refractivity contribution in [1.82, 2.24) is 0 Å². The molecule has 0 N–H and O–H groups in total. The summed E-state index contributed by atoms with van der Waals surface area (Å²) in [5.41, 5.74) is 1.16. The molecule has 0 aromatic heterocycles. The minimum Gasteiger partial charge on any atom is -0.487 e. The number of hydrogen-bond donors (Lipinski definition) is 0. The third-order valence-corrected chi connectivity index (χ3v) is 3.01. The molecule has 0 saturated heterocycles. The number of benzene rings is 1. The van der Waals surface area contributed by atoms with Gasteiger partial charge in [0.15, 0.2) is 12.0 Å². The van der Waals surface area contributed by atoms with Gasteiger partial charge in [-0.15, -0.1) is 0 Å². The molecule has 16 heavy (non-hydrogen) atoms. The van der Waals surface area contributed by atoms with Gasteiger partial charge >= 0.3 is 0 Å². The summed E-state index contributed by atoms with van der Waals surface area (Å²) < 4.78 is 5.39. The van der Waals surface area contributed by atoms with E-state index >= 15 is 0 Å². The van der Waals surface area contributed by atoms with Crippen molar-refractivity contribution >= 4 is 17.9 Å². The summed E-state index contributed by atoms with van der Waals surface area (Å²) in [6, 6.07) is 7.77. The average Bonchev–Trinajstić information content (AvgIpc) is 2.60. The zero-order valence-corrected chi connectivity index (χ0v) is 9.78. The third kappa shape index (κ3) is 2.45. The second-order valence-corrected chi connectivity index (χ2v) is 4.44. The lowest BCUT2D eigenvalue weighted by molar-refractivity contribution is -0.108. The van der Waals surface area contributed by atoms with Gasteiger partial charge in [0.2, 0.25) is 0 Å². The zero-order valence-electron chi connectivity index (χ0n) is 9.02. The van der Waals surface area contributed by atoms with Crippen LogP contribution in [0.3, 0.4) is 0 Å². The van der Waals surface area contributed by atoms with Gasteiger partial charge < -0.3 is 4.74 Å². The Balaban J connectivity index is 2.10. The van der Waals surface area contributed by atoms with Crippen LogP contribution in [0.5, 0.6) is 0 Å². The molecule has 3 heteroatoms. The van der Waals surface area contributed by atoms with Gasteiger partial charge in [-0.3, -0.25) is 4.79 Å². The van der Waals surface area contributed by atoms with E-state index in [2.05, 4.69) is 0 Å². The Bertz CT molecular complexity index is 426. The Kier molecular flexibility index (Phi) is 3.30. The van der Waals surface area contributed by atoms with Crippen LogP contribution < -0.4 is 0 Å². The van der Waals surface area contributed by atoms with Crippen molar-refractivity contribution in [2.45, 2.75) is 19.4 Å². The van der Waals surface area contributed by atoms with Crippen LogP contribution in [-0.4, -0.2) is 12.4 Å². The van der Waals surface area contributed by atoms with Crippen molar-refractivity contribution < 1.29 is 9.53 Å². The first kappa shape index (κ1) is 11.2. The number of rotatable bonds is 3. The van der Waals surface area contributed by atoms with Crippen molar-refractivity contribution in [1.29, 1.82) is 0 Å². The molecule has 0 fully saturated rings. The summed E-state index contributed by atoms with van der Waals surface area (Å²) >= 11 is 5.92. The van der Waals surface area contributed by atoms with Gasteiger partial charge in [-0.2, -0.15) is 0 Å². The number of hydrogen-bond acceptors (Lipinski definition) is 2. The van der Waals surface area contributed by atoms with Crippen molar-refractivity contribution in [3.05, 3.63) is 46.7 Å². The maximum atomic E-state index is 10.6. The minimum atomic E-state index is 0.0548. The summed E-state index contributed by atoms with van der Waals surface area (Å²) in [6.07, 6.45) is 3.55. The number of carbonyl (C=O) groups is 1. The lowest BCUT2D eigenvalue weighted by atomic mass is 9.96. The number of allylic oxidation sites excluding steroid dienone is 1. The molecular weight excluding hydrogens is 224 g/mol. The van der Waals surface area contributed by atoms with Crippen molar-refractivity contribution in [3.63, 3.8) is 0 Å². The average molecular weight is 237 g/mol. The van der Waals surface area contributed by atoms with E-state index in [9.17, 15) is 4.79 Å². The normalized spacial score (nSPS) is 23.8. The SMILES string of the molecule is CC1OC(C=O)=CC1Cc1cccc(Cl)c1. The quantitative estimate of drug-likeness (QED) is 0.755. The molecule has 2 unspecified atom stereocenters. The molecule has 1 aliphatic rings. The van der Waals surface area contributed by atoms with Crippen LogP contribution in [0, 0.1) is 5.92 Å². The molecule has 0 radical (unpaired) electrons. The molecule has 0 spiro atoms. The Morgan fingerprint density at radius 3 is 2.94 bits per heavy atom. The van der Waals surface area contributed by atoms with Crippen LogP contribution in [0.15, 0.2) is 36.1 Å². The smallest absolute Gasteiger partial charge is 0.184 e. The van der Waals surface area contributed by atoms with Crippen LogP contribution in [0.1, 0.15) is 12.5 Å². The van der Waals surface area contributed by atoms with E-state index in [1.54, 1.807) is 0 Å². The van der Waals surface area contributed by atoms with Crippen LogP contribution in [0.4, 0.5) is 0 Å². The van der Waals surface area contributed by atoms with Gasteiger partial charge in [0, 0.05) is 10.9 Å². The molecule has 2 atom stereocenters. The molecule has 0 aliphatic carbocycles. The van der Waals surface area contributed by atoms with Crippen LogP contribution in [-0.2, 0) is 16.0 Å². The minimum absolute atomic E-state index is 0.0548. The lowest BCUT2D eigenvalue weighted by Crippen LogP contribution is -2.14. The Morgan fingerprint density at radius 2 is 2.31 bits per heavy atom. The summed E-state index contributed by atoms with van der Waals surface area (Å²) in [7, 11) is 0. The highest BCUT2D eigenvalue weighted by molar-refractivity contribution is 6.30. The largest absolute Gasteiger partial charge is 0.487 e. The first-order chi connectivity index (χ1) is 7.69. The highest BCUT2D eigenvalue weighted by Gasteiger charge is 2.25. The van der Waals surface area contributed by atoms with E-state index in [0.717, 1.165) is 23.3 Å². The topological polar surface area (TPSA) is 26.3 Å². The molecule has 2 rings (SSSR count). The highest BCUT2D eigenvalue weighted by atomic mass is 35.5. The third-order valence-electron chi connectivity index (χ3n) is 2.78. The van der Waals surface area contributed by atoms with Crippen molar-refractivity contribution in [2.24, 2.45) is 5.92 Å². The van der Waals surface area contributed by atoms with E-state index in [0.29, 0.717) is 5.76 Å². The Morgan fingerprint density at radius 1 is 1.50 bits per heavy atom. The van der Waals surface area contributed by atoms with E-state index in [1.807, 2.05) is 37.3 Å². The van der Waals surface area contributed by atoms with E-state index < -0.39 is 0 Å². The summed E-state index contributed by atoms with van der Waals surface area (Å²) in [6.45, 7) is 1.97. The molecule has 0 amide bonds. The molecular formula is C13H13ClO2. The molecule has 1 aromatic rings. The van der Waals surface area contributed by atoms with Crippen LogP contribution >= 0.6 is 11.6 Å². The molecule has 84 valence electrons. The second-order valence-electron chi connectivity index (χ2n) is 4.01. The molecule has 1 aromatic carbocycles. The molecule has 2 nitrogen and oxygen atoms in total. The second kappa shape index (κ2) is 4.71. The fraction of sp³-hybridized carbons (Fsp3) is 0.308. The van der Waals surface area contributed by atoms with E-state index in [4.69, 9.17) is 16.3 Å². The molecule has 0 saturated carbocycles. The van der Waals surface area contributed by atoms with Gasteiger partial charge in [-0.1, -0.05) is 23.7 Å². The number of carbonyl (C=O) groups excluding carboxylic acids is 1. The number of halogens is 1. The summed E-state index contributed by atoms with van der Waals surface area (Å²) in [5, 5.41) is 0.739. The molecule has 1 aliphatic heterocycles. The van der Waals surface area contributed by atoms with Gasteiger partial charge in [0.05, 0.1) is 0 Å². The first-order valence-electron chi connectivity index (χ1n) is 5.27. The summed E-state index contributed by atoms with van der Waals surface area (Å²) in [5.74, 6) is 0.693. The maximum Gasteiger partial charge on any atom is 0.184 e. The summed E-state index contributed by atoms with van der Waals surface area (Å²) in [4.78, 5) is 10.6. The van der Waals surface area contributed by atoms with Gasteiger partial charge in [-0.25, -0.2) is 0 Å². The predicted octanol–water partition coefficient (Wildman–Crippen LogP) is 3.00. The Hall–Kier alpha value is -1.28. The van der Waals surface area contributed by atoms with E-state index in [-0.39, 0.29) is 12.0 Å². The van der Waals surface area contributed by atoms with Gasteiger partial charge in [-0.05, 0) is 37.1 Å². The molecule has 0 bridgehead atoms. The monoisotopic (exact) mass is 236 g/mol. The van der Waals surface area contributed by atoms with Crippen molar-refractivity contribution in [2.75, 3.05) is 0 Å². The Labute approximate surface area is 99.9 Å².